The molecule has 1 amide bonds. The molecule has 1 aromatic carbocycles. The minimum atomic E-state index is -0.498. The molecule has 0 bridgehead atoms. The van der Waals surface area contributed by atoms with Crippen molar-refractivity contribution in [2.24, 2.45) is 0 Å². The van der Waals surface area contributed by atoms with Gasteiger partial charge >= 0.3 is 6.01 Å². The molecule has 0 spiro atoms. The molecule has 30 heavy (non-hydrogen) atoms. The van der Waals surface area contributed by atoms with Crippen LogP contribution in [-0.4, -0.2) is 45.3 Å². The van der Waals surface area contributed by atoms with Crippen molar-refractivity contribution in [2.45, 2.75) is 37.8 Å². The normalized spacial score (nSPS) is 18.6. The maximum Gasteiger partial charge on any atom is 0.316 e. The summed E-state index contributed by atoms with van der Waals surface area (Å²) >= 11 is 0. The molecule has 8 nitrogen and oxygen atoms in total. The van der Waals surface area contributed by atoms with Crippen LogP contribution in [0.15, 0.2) is 42.7 Å². The molecule has 0 radical (unpaired) electrons. The van der Waals surface area contributed by atoms with E-state index >= 15 is 0 Å². The van der Waals surface area contributed by atoms with E-state index in [1.54, 1.807) is 13.2 Å². The molecule has 9 heteroatoms. The highest BCUT2D eigenvalue weighted by molar-refractivity contribution is 5.93. The second-order valence-corrected chi connectivity index (χ2v) is 7.15. The number of hydrogen-bond acceptors (Lipinski definition) is 6. The number of amides is 1. The first-order valence-corrected chi connectivity index (χ1v) is 9.75. The second-order valence-electron chi connectivity index (χ2n) is 7.15. The van der Waals surface area contributed by atoms with Gasteiger partial charge in [0.2, 0.25) is 0 Å². The van der Waals surface area contributed by atoms with Crippen molar-refractivity contribution >= 4 is 5.91 Å². The van der Waals surface area contributed by atoms with Crippen LogP contribution in [0.5, 0.6) is 11.8 Å². The van der Waals surface area contributed by atoms with Crippen LogP contribution >= 0.6 is 0 Å². The van der Waals surface area contributed by atoms with Crippen LogP contribution in [0.2, 0.25) is 0 Å². The quantitative estimate of drug-likeness (QED) is 0.646. The number of hydrogen-bond donors (Lipinski definition) is 2. The molecular weight excluding hydrogens is 389 g/mol. The number of halogens is 1. The molecule has 0 saturated heterocycles. The molecule has 2 aromatic heterocycles. The first-order chi connectivity index (χ1) is 14.6. The summed E-state index contributed by atoms with van der Waals surface area (Å²) in [6.45, 7) is 0. The Morgan fingerprint density at radius 3 is 2.67 bits per heavy atom. The number of methoxy groups -OCH3 is 1. The van der Waals surface area contributed by atoms with Crippen LogP contribution in [0.4, 0.5) is 4.39 Å². The number of aromatic amines is 1. The van der Waals surface area contributed by atoms with Crippen molar-refractivity contribution in [3.8, 4) is 23.0 Å². The van der Waals surface area contributed by atoms with E-state index in [4.69, 9.17) is 9.47 Å². The molecule has 0 unspecified atom stereocenters. The Labute approximate surface area is 172 Å². The fraction of sp³-hybridized carbons (Fsp3) is 0.333. The summed E-state index contributed by atoms with van der Waals surface area (Å²) in [5.74, 6) is 0.0385. The van der Waals surface area contributed by atoms with Crippen molar-refractivity contribution in [1.82, 2.24) is 25.5 Å². The van der Waals surface area contributed by atoms with Gasteiger partial charge in [-0.25, -0.2) is 14.4 Å². The van der Waals surface area contributed by atoms with Crippen LogP contribution < -0.4 is 14.8 Å². The van der Waals surface area contributed by atoms with Gasteiger partial charge in [-0.2, -0.15) is 5.10 Å². The summed E-state index contributed by atoms with van der Waals surface area (Å²) in [5, 5.41) is 10.1. The molecule has 1 saturated carbocycles. The van der Waals surface area contributed by atoms with Crippen molar-refractivity contribution in [1.29, 1.82) is 0 Å². The van der Waals surface area contributed by atoms with E-state index in [2.05, 4.69) is 25.5 Å². The lowest BCUT2D eigenvalue weighted by molar-refractivity contribution is 0.0880. The SMILES string of the molecule is COc1cccc(-c2cc(C(=O)NC3CCC(Oc4ncc(F)cn4)CC3)[nH]n2)c1. The predicted octanol–water partition coefficient (Wildman–Crippen LogP) is 3.13. The molecule has 0 aliphatic heterocycles. The van der Waals surface area contributed by atoms with E-state index in [1.165, 1.54) is 0 Å². The van der Waals surface area contributed by atoms with Gasteiger partial charge in [-0.1, -0.05) is 12.1 Å². The average molecular weight is 411 g/mol. The molecular formula is C21H22FN5O3. The summed E-state index contributed by atoms with van der Waals surface area (Å²) in [6, 6.07) is 9.45. The Hall–Kier alpha value is -3.49. The topological polar surface area (TPSA) is 102 Å². The van der Waals surface area contributed by atoms with Crippen molar-refractivity contribution in [2.75, 3.05) is 7.11 Å². The highest BCUT2D eigenvalue weighted by Crippen LogP contribution is 2.24. The zero-order valence-electron chi connectivity index (χ0n) is 16.5. The van der Waals surface area contributed by atoms with Crippen molar-refractivity contribution in [3.05, 3.63) is 54.2 Å². The highest BCUT2D eigenvalue weighted by atomic mass is 19.1. The van der Waals surface area contributed by atoms with Gasteiger partial charge in [0.1, 0.15) is 17.5 Å². The molecule has 2 heterocycles. The second kappa shape index (κ2) is 8.89. The van der Waals surface area contributed by atoms with E-state index in [9.17, 15) is 9.18 Å². The predicted molar refractivity (Wildman–Crippen MR) is 107 cm³/mol. The number of carbonyl (C=O) groups excluding carboxylic acids is 1. The highest BCUT2D eigenvalue weighted by Gasteiger charge is 2.25. The molecule has 156 valence electrons. The largest absolute Gasteiger partial charge is 0.497 e. The van der Waals surface area contributed by atoms with Gasteiger partial charge in [0, 0.05) is 11.6 Å². The fourth-order valence-electron chi connectivity index (χ4n) is 3.47. The van der Waals surface area contributed by atoms with E-state index in [0.717, 1.165) is 49.4 Å². The summed E-state index contributed by atoms with van der Waals surface area (Å²) in [7, 11) is 1.61. The summed E-state index contributed by atoms with van der Waals surface area (Å²) in [6.07, 6.45) is 5.17. The number of aromatic nitrogens is 4. The molecule has 0 atom stereocenters. The van der Waals surface area contributed by atoms with E-state index in [-0.39, 0.29) is 24.1 Å². The summed E-state index contributed by atoms with van der Waals surface area (Å²) in [5.41, 5.74) is 1.95. The third-order valence-corrected chi connectivity index (χ3v) is 5.07. The third-order valence-electron chi connectivity index (χ3n) is 5.07. The van der Waals surface area contributed by atoms with Gasteiger partial charge in [0.25, 0.3) is 5.91 Å². The first kappa shape index (κ1) is 19.8. The molecule has 1 aliphatic carbocycles. The van der Waals surface area contributed by atoms with E-state index in [0.29, 0.717) is 11.4 Å². The number of benzene rings is 1. The molecule has 3 aromatic rings. The zero-order chi connectivity index (χ0) is 20.9. The van der Waals surface area contributed by atoms with Gasteiger partial charge in [0.15, 0.2) is 5.82 Å². The Balaban J connectivity index is 1.30. The maximum atomic E-state index is 12.9. The average Bonchev–Trinajstić information content (AvgIpc) is 3.27. The summed E-state index contributed by atoms with van der Waals surface area (Å²) < 4.78 is 23.8. The number of ether oxygens (including phenoxy) is 2. The number of nitrogens with zero attached hydrogens (tertiary/aromatic N) is 3. The Bertz CT molecular complexity index is 1000. The molecule has 4 rings (SSSR count). The van der Waals surface area contributed by atoms with Gasteiger partial charge in [0.05, 0.1) is 25.2 Å². The maximum absolute atomic E-state index is 12.9. The number of rotatable bonds is 6. The van der Waals surface area contributed by atoms with Crippen molar-refractivity contribution in [3.63, 3.8) is 0 Å². The van der Waals surface area contributed by atoms with E-state index < -0.39 is 5.82 Å². The zero-order valence-corrected chi connectivity index (χ0v) is 16.5. The first-order valence-electron chi connectivity index (χ1n) is 9.75. The van der Waals surface area contributed by atoms with Crippen LogP contribution in [-0.2, 0) is 0 Å². The molecule has 2 N–H and O–H groups in total. The Morgan fingerprint density at radius 2 is 1.93 bits per heavy atom. The van der Waals surface area contributed by atoms with E-state index in [1.807, 2.05) is 24.3 Å². The van der Waals surface area contributed by atoms with Gasteiger partial charge in [-0.05, 0) is 43.9 Å². The summed E-state index contributed by atoms with van der Waals surface area (Å²) in [4.78, 5) is 20.2. The number of nitrogens with one attached hydrogen (secondary N) is 2. The fourth-order valence-corrected chi connectivity index (χ4v) is 3.47. The minimum Gasteiger partial charge on any atom is -0.497 e. The monoisotopic (exact) mass is 411 g/mol. The lowest BCUT2D eigenvalue weighted by Gasteiger charge is -2.28. The van der Waals surface area contributed by atoms with Crippen molar-refractivity contribution < 1.29 is 18.7 Å². The van der Waals surface area contributed by atoms with Crippen LogP contribution in [0, 0.1) is 5.82 Å². The Morgan fingerprint density at radius 1 is 1.17 bits per heavy atom. The molecule has 1 fully saturated rings. The van der Waals surface area contributed by atoms with Crippen LogP contribution in [0.1, 0.15) is 36.2 Å². The lowest BCUT2D eigenvalue weighted by atomic mass is 9.93. The number of H-pyrrole nitrogens is 1. The van der Waals surface area contributed by atoms with Crippen LogP contribution in [0.25, 0.3) is 11.3 Å². The lowest BCUT2D eigenvalue weighted by Crippen LogP contribution is -2.40. The molecule has 1 aliphatic rings. The van der Waals surface area contributed by atoms with Crippen LogP contribution in [0.3, 0.4) is 0 Å². The smallest absolute Gasteiger partial charge is 0.316 e. The minimum absolute atomic E-state index is 0.0459. The standard InChI is InChI=1S/C21H22FN5O3/c1-29-17-4-2-3-13(9-17)18-10-19(27-26-18)20(28)25-15-5-7-16(8-6-15)30-21-23-11-14(22)12-24-21/h2-4,9-12,15-16H,5-8H2,1H3,(H,25,28)(H,26,27). The van der Waals surface area contributed by atoms with Gasteiger partial charge < -0.3 is 14.8 Å². The van der Waals surface area contributed by atoms with Gasteiger partial charge in [-0.15, -0.1) is 0 Å². The number of carbonyl (C=O) groups is 1. The van der Waals surface area contributed by atoms with Gasteiger partial charge in [-0.3, -0.25) is 9.89 Å². The Kier molecular flexibility index (Phi) is 5.87. The third kappa shape index (κ3) is 4.73.